The number of nitrogens with one attached hydrogen (secondary N) is 1. The largest absolute Gasteiger partial charge is 0.386 e. The van der Waals surface area contributed by atoms with Gasteiger partial charge in [0.25, 0.3) is 5.91 Å². The molecule has 0 aromatic rings. The van der Waals surface area contributed by atoms with Crippen LogP contribution in [0.2, 0.25) is 0 Å². The lowest BCUT2D eigenvalue weighted by Crippen LogP contribution is -2.65. The maximum atomic E-state index is 13.3. The smallest absolute Gasteiger partial charge is 0.327 e. The Kier molecular flexibility index (Phi) is 6.68. The quantitative estimate of drug-likeness (QED) is 0.525. The Morgan fingerprint density at radius 3 is 2.35 bits per heavy atom. The number of ether oxygens (including phenoxy) is 1. The van der Waals surface area contributed by atoms with Crippen LogP contribution in [0.1, 0.15) is 64.2 Å². The lowest BCUT2D eigenvalue weighted by atomic mass is 9.51. The highest BCUT2D eigenvalue weighted by Crippen LogP contribution is 2.61. The number of carbonyl (C=O) groups excluding carboxylic acids is 2. The van der Waals surface area contributed by atoms with Crippen molar-refractivity contribution in [2.75, 3.05) is 60.2 Å². The highest BCUT2D eigenvalue weighted by atomic mass is 16.5. The van der Waals surface area contributed by atoms with Crippen molar-refractivity contribution in [3.05, 3.63) is 11.4 Å². The Balaban J connectivity index is 1.10. The van der Waals surface area contributed by atoms with E-state index in [1.807, 2.05) is 11.9 Å². The molecule has 9 heteroatoms. The molecule has 3 saturated carbocycles. The molecule has 6 rings (SSSR count). The minimum atomic E-state index is -0.603. The summed E-state index contributed by atoms with van der Waals surface area (Å²) in [4.78, 5) is 34.8. The molecular formula is C28H46N6O3. The fraction of sp³-hybridized carbons (Fsp3) is 0.857. The van der Waals surface area contributed by atoms with E-state index in [-0.39, 0.29) is 17.4 Å². The predicted octanol–water partition coefficient (Wildman–Crippen LogP) is 2.14. The minimum Gasteiger partial charge on any atom is -0.386 e. The molecule has 0 unspecified atom stereocenters. The van der Waals surface area contributed by atoms with Gasteiger partial charge in [0.2, 0.25) is 0 Å². The first-order valence-corrected chi connectivity index (χ1v) is 14.6. The fourth-order valence-electron chi connectivity index (χ4n) is 8.44. The van der Waals surface area contributed by atoms with E-state index in [2.05, 4.69) is 15.1 Å². The van der Waals surface area contributed by atoms with Crippen LogP contribution in [-0.2, 0) is 9.53 Å². The lowest BCUT2D eigenvalue weighted by molar-refractivity contribution is -0.153. The summed E-state index contributed by atoms with van der Waals surface area (Å²) >= 11 is 0. The van der Waals surface area contributed by atoms with E-state index < -0.39 is 5.54 Å². The fourth-order valence-corrected chi connectivity index (χ4v) is 8.44. The van der Waals surface area contributed by atoms with E-state index in [1.165, 1.54) is 42.7 Å². The number of nitrogens with two attached hydrogens (primary N) is 1. The lowest BCUT2D eigenvalue weighted by Gasteiger charge is -2.59. The van der Waals surface area contributed by atoms with Crippen molar-refractivity contribution in [2.45, 2.75) is 75.8 Å². The van der Waals surface area contributed by atoms with Crippen molar-refractivity contribution >= 4 is 11.9 Å². The third-order valence-electron chi connectivity index (χ3n) is 10.6. The summed E-state index contributed by atoms with van der Waals surface area (Å²) in [5, 5.41) is 3.20. The van der Waals surface area contributed by atoms with Gasteiger partial charge in [-0.3, -0.25) is 19.5 Å². The first kappa shape index (κ1) is 25.4. The third kappa shape index (κ3) is 4.44. The SMILES string of the molecule is CN/C(N)=C1\CN(CC2CCCC2)CN(C2CCC3(CC2)CC2(C3)C(=O)N(C)C(=O)N2CC2COC2)C1. The molecule has 206 valence electrons. The Morgan fingerprint density at radius 2 is 1.73 bits per heavy atom. The number of hydrogen-bond acceptors (Lipinski definition) is 7. The summed E-state index contributed by atoms with van der Waals surface area (Å²) in [5.41, 5.74) is 7.31. The van der Waals surface area contributed by atoms with Crippen LogP contribution >= 0.6 is 0 Å². The van der Waals surface area contributed by atoms with Crippen LogP contribution in [0.4, 0.5) is 4.79 Å². The molecule has 0 aromatic carbocycles. The molecule has 6 aliphatic rings. The summed E-state index contributed by atoms with van der Waals surface area (Å²) < 4.78 is 5.35. The second-order valence-electron chi connectivity index (χ2n) is 13.1. The number of urea groups is 1. The van der Waals surface area contributed by atoms with Crippen molar-refractivity contribution in [1.82, 2.24) is 24.9 Å². The van der Waals surface area contributed by atoms with Gasteiger partial charge >= 0.3 is 6.03 Å². The van der Waals surface area contributed by atoms with Crippen LogP contribution < -0.4 is 11.1 Å². The van der Waals surface area contributed by atoms with Crippen molar-refractivity contribution in [1.29, 1.82) is 0 Å². The Hall–Kier alpha value is -1.84. The van der Waals surface area contributed by atoms with Crippen LogP contribution in [0, 0.1) is 17.3 Å². The molecule has 9 nitrogen and oxygen atoms in total. The Labute approximate surface area is 221 Å². The summed E-state index contributed by atoms with van der Waals surface area (Å²) in [5.74, 6) is 2.05. The number of rotatable bonds is 6. The molecule has 3 N–H and O–H groups in total. The van der Waals surface area contributed by atoms with Crippen molar-refractivity contribution in [2.24, 2.45) is 23.0 Å². The molecule has 3 amide bonds. The zero-order valence-electron chi connectivity index (χ0n) is 22.8. The van der Waals surface area contributed by atoms with E-state index >= 15 is 0 Å². The van der Waals surface area contributed by atoms with Gasteiger partial charge in [-0.2, -0.15) is 0 Å². The number of nitrogens with zero attached hydrogens (tertiary/aromatic N) is 4. The highest BCUT2D eigenvalue weighted by Gasteiger charge is 2.68. The van der Waals surface area contributed by atoms with E-state index in [1.54, 1.807) is 7.05 Å². The van der Waals surface area contributed by atoms with Crippen molar-refractivity contribution in [3.63, 3.8) is 0 Å². The summed E-state index contributed by atoms with van der Waals surface area (Å²) in [7, 11) is 3.58. The van der Waals surface area contributed by atoms with Gasteiger partial charge in [0.05, 0.1) is 25.7 Å². The normalized spacial score (nSPS) is 37.5. The summed E-state index contributed by atoms with van der Waals surface area (Å²) in [6.45, 7) is 6.20. The highest BCUT2D eigenvalue weighted by molar-refractivity contribution is 6.07. The molecule has 2 spiro atoms. The van der Waals surface area contributed by atoms with Gasteiger partial charge in [-0.15, -0.1) is 0 Å². The molecule has 0 bridgehead atoms. The summed E-state index contributed by atoms with van der Waals surface area (Å²) in [6.07, 6.45) is 11.8. The first-order chi connectivity index (χ1) is 17.8. The molecular weight excluding hydrogens is 468 g/mol. The number of hydrogen-bond donors (Lipinski definition) is 2. The third-order valence-corrected chi connectivity index (χ3v) is 10.6. The second-order valence-corrected chi connectivity index (χ2v) is 13.1. The van der Waals surface area contributed by atoms with Crippen LogP contribution in [0.25, 0.3) is 0 Å². The molecule has 0 aromatic heterocycles. The molecule has 6 fully saturated rings. The van der Waals surface area contributed by atoms with E-state index in [9.17, 15) is 9.59 Å². The minimum absolute atomic E-state index is 0.0152. The van der Waals surface area contributed by atoms with Crippen LogP contribution in [-0.4, -0.2) is 103 Å². The van der Waals surface area contributed by atoms with Crippen LogP contribution in [0.3, 0.4) is 0 Å². The Morgan fingerprint density at radius 1 is 1.03 bits per heavy atom. The van der Waals surface area contributed by atoms with Gasteiger partial charge in [0.15, 0.2) is 0 Å². The van der Waals surface area contributed by atoms with E-state index in [4.69, 9.17) is 10.5 Å². The van der Waals surface area contributed by atoms with E-state index in [0.29, 0.717) is 31.7 Å². The topological polar surface area (TPSA) is 94.4 Å². The van der Waals surface area contributed by atoms with E-state index in [0.717, 1.165) is 70.0 Å². The maximum absolute atomic E-state index is 13.3. The Bertz CT molecular complexity index is 926. The van der Waals surface area contributed by atoms with Crippen LogP contribution in [0.15, 0.2) is 11.4 Å². The molecule has 3 saturated heterocycles. The first-order valence-electron chi connectivity index (χ1n) is 14.6. The van der Waals surface area contributed by atoms with Gasteiger partial charge in [0, 0.05) is 52.2 Å². The maximum Gasteiger partial charge on any atom is 0.327 e. The standard InChI is InChI=1S/C28H46N6O3/c1-30-24(29)22-13-32(11-20-5-3-4-6-20)19-33(14-22)23-7-9-27(10-8-23)17-28(18-27)25(35)31(2)26(36)34(28)12-21-15-37-16-21/h20-21,23,30H,3-19,29H2,1-2H3/b24-22+. The van der Waals surface area contributed by atoms with Gasteiger partial charge in [0.1, 0.15) is 5.54 Å². The molecule has 37 heavy (non-hydrogen) atoms. The molecule has 3 heterocycles. The average Bonchev–Trinajstić information content (AvgIpc) is 3.43. The molecule has 0 atom stereocenters. The van der Waals surface area contributed by atoms with Gasteiger partial charge in [-0.05, 0) is 68.3 Å². The van der Waals surface area contributed by atoms with Gasteiger partial charge in [-0.25, -0.2) is 4.79 Å². The molecule has 3 aliphatic heterocycles. The molecule has 3 aliphatic carbocycles. The predicted molar refractivity (Wildman–Crippen MR) is 141 cm³/mol. The van der Waals surface area contributed by atoms with Gasteiger partial charge in [-0.1, -0.05) is 12.8 Å². The monoisotopic (exact) mass is 514 g/mol. The number of likely N-dealkylation sites (N-methyl/N-ethyl adjacent to an activating group) is 1. The molecule has 0 radical (unpaired) electrons. The number of carbonyl (C=O) groups is 2. The van der Waals surface area contributed by atoms with Gasteiger partial charge < -0.3 is 20.7 Å². The zero-order chi connectivity index (χ0) is 25.8. The van der Waals surface area contributed by atoms with Crippen molar-refractivity contribution < 1.29 is 14.3 Å². The summed E-state index contributed by atoms with van der Waals surface area (Å²) in [6, 6.07) is 0.442. The zero-order valence-corrected chi connectivity index (χ0v) is 22.8. The van der Waals surface area contributed by atoms with Crippen molar-refractivity contribution in [3.8, 4) is 0 Å². The second kappa shape index (κ2) is 9.72. The number of amides is 3. The van der Waals surface area contributed by atoms with Crippen LogP contribution in [0.5, 0.6) is 0 Å². The number of imide groups is 1. The average molecular weight is 515 g/mol.